The third kappa shape index (κ3) is 1.31. The first-order valence-corrected chi connectivity index (χ1v) is 3.04. The normalized spacial score (nSPS) is 11.9. The minimum absolute atomic E-state index is 0.149. The molecule has 0 atom stereocenters. The van der Waals surface area contributed by atoms with Crippen LogP contribution in [0.3, 0.4) is 0 Å². The van der Waals surface area contributed by atoms with Gasteiger partial charge in [-0.05, 0) is 5.41 Å². The lowest BCUT2D eigenvalue weighted by molar-refractivity contribution is 0.572. The van der Waals surface area contributed by atoms with E-state index in [0.29, 0.717) is 0 Å². The highest BCUT2D eigenvalue weighted by Gasteiger charge is 2.08. The van der Waals surface area contributed by atoms with Gasteiger partial charge in [-0.15, -0.1) is 0 Å². The smallest absolute Gasteiger partial charge is 0.0174 e. The molecule has 0 radical (unpaired) electrons. The number of nitrogens with zero attached hydrogens (tertiary/aromatic N) is 2. The van der Waals surface area contributed by atoms with Gasteiger partial charge in [-0.25, -0.2) is 0 Å². The summed E-state index contributed by atoms with van der Waals surface area (Å²) in [4.78, 5) is 7.95. The van der Waals surface area contributed by atoms with E-state index in [1.165, 1.54) is 0 Å². The molecule has 1 aromatic rings. The lowest BCUT2D eigenvalue weighted by atomic mass is 9.93. The first-order chi connectivity index (χ1) is 4.11. The van der Waals surface area contributed by atoms with Crippen molar-refractivity contribution in [2.45, 2.75) is 26.2 Å². The standard InChI is InChI=1S/C7H11N2/c1-7(2,3)6-4-8-5-9-6/h4-5H,1-3H3/q-1. The van der Waals surface area contributed by atoms with Gasteiger partial charge in [0.15, 0.2) is 0 Å². The van der Waals surface area contributed by atoms with Crippen LogP contribution < -0.4 is 4.98 Å². The van der Waals surface area contributed by atoms with Crippen molar-refractivity contribution in [1.82, 2.24) is 9.97 Å². The fourth-order valence-corrected chi connectivity index (χ4v) is 0.620. The van der Waals surface area contributed by atoms with E-state index < -0.39 is 0 Å². The Hall–Kier alpha value is -0.790. The molecule has 0 bridgehead atoms. The molecule has 9 heavy (non-hydrogen) atoms. The molecule has 1 heterocycles. The van der Waals surface area contributed by atoms with E-state index >= 15 is 0 Å². The highest BCUT2D eigenvalue weighted by atomic mass is 14.9. The Kier molecular flexibility index (Phi) is 1.31. The number of aromatic nitrogens is 2. The minimum Gasteiger partial charge on any atom is -0.450 e. The number of hydrogen-bond donors (Lipinski definition) is 0. The number of hydrogen-bond acceptors (Lipinski definition) is 1. The maximum atomic E-state index is 4.08. The van der Waals surface area contributed by atoms with Crippen molar-refractivity contribution in [3.63, 3.8) is 0 Å². The van der Waals surface area contributed by atoms with Crippen molar-refractivity contribution in [1.29, 1.82) is 0 Å². The van der Waals surface area contributed by atoms with Crippen molar-refractivity contribution in [2.75, 3.05) is 0 Å². The number of rotatable bonds is 0. The van der Waals surface area contributed by atoms with Gasteiger partial charge >= 0.3 is 0 Å². The van der Waals surface area contributed by atoms with E-state index in [1.54, 1.807) is 12.5 Å². The van der Waals surface area contributed by atoms with E-state index in [1.807, 2.05) is 0 Å². The lowest BCUT2D eigenvalue weighted by Gasteiger charge is -2.18. The Balaban J connectivity index is 2.90. The van der Waals surface area contributed by atoms with Gasteiger partial charge in [0.25, 0.3) is 0 Å². The molecule has 0 aliphatic heterocycles. The quantitative estimate of drug-likeness (QED) is 0.520. The predicted octanol–water partition coefficient (Wildman–Crippen LogP) is 1.34. The molecule has 0 saturated heterocycles. The van der Waals surface area contributed by atoms with Crippen LogP contribution in [0.15, 0.2) is 12.5 Å². The van der Waals surface area contributed by atoms with Crippen LogP contribution in [-0.4, -0.2) is 4.98 Å². The van der Waals surface area contributed by atoms with Crippen molar-refractivity contribution < 1.29 is 0 Å². The third-order valence-electron chi connectivity index (χ3n) is 1.23. The van der Waals surface area contributed by atoms with Gasteiger partial charge in [-0.1, -0.05) is 39.0 Å². The summed E-state index contributed by atoms with van der Waals surface area (Å²) < 4.78 is 0. The van der Waals surface area contributed by atoms with Crippen LogP contribution in [0.1, 0.15) is 26.5 Å². The largest absolute Gasteiger partial charge is 0.450 e. The van der Waals surface area contributed by atoms with Crippen LogP contribution in [0.2, 0.25) is 0 Å². The average Bonchev–Trinajstić information content (AvgIpc) is 2.08. The maximum absolute atomic E-state index is 4.08. The van der Waals surface area contributed by atoms with Crippen LogP contribution in [0, 0.1) is 0 Å². The molecule has 0 aromatic carbocycles. The second kappa shape index (κ2) is 1.87. The summed E-state index contributed by atoms with van der Waals surface area (Å²) in [5, 5.41) is 0. The lowest BCUT2D eigenvalue weighted by Crippen LogP contribution is -2.10. The van der Waals surface area contributed by atoms with Crippen molar-refractivity contribution in [3.8, 4) is 0 Å². The molecule has 0 amide bonds. The van der Waals surface area contributed by atoms with Crippen molar-refractivity contribution in [2.24, 2.45) is 0 Å². The van der Waals surface area contributed by atoms with Gasteiger partial charge in [-0.2, -0.15) is 0 Å². The summed E-state index contributed by atoms with van der Waals surface area (Å²) in [7, 11) is 0. The molecule has 0 aliphatic rings. The Labute approximate surface area is 55.3 Å². The van der Waals surface area contributed by atoms with Gasteiger partial charge < -0.3 is 9.97 Å². The van der Waals surface area contributed by atoms with Crippen molar-refractivity contribution in [3.05, 3.63) is 18.2 Å². The molecule has 0 spiro atoms. The van der Waals surface area contributed by atoms with Gasteiger partial charge in [0, 0.05) is 0 Å². The molecular formula is C7H11N2-. The zero-order valence-corrected chi connectivity index (χ0v) is 6.05. The highest BCUT2D eigenvalue weighted by Crippen LogP contribution is 2.17. The highest BCUT2D eigenvalue weighted by molar-refractivity contribution is 5.06. The fraction of sp³-hybridized carbons (Fsp3) is 0.571. The van der Waals surface area contributed by atoms with E-state index in [0.717, 1.165) is 5.69 Å². The first kappa shape index (κ1) is 6.33. The van der Waals surface area contributed by atoms with Gasteiger partial charge in [0.05, 0.1) is 0 Å². The third-order valence-corrected chi connectivity index (χ3v) is 1.23. The topological polar surface area (TPSA) is 27.0 Å². The maximum Gasteiger partial charge on any atom is -0.0174 e. The van der Waals surface area contributed by atoms with Crippen LogP contribution in [0.25, 0.3) is 0 Å². The van der Waals surface area contributed by atoms with Crippen molar-refractivity contribution >= 4 is 0 Å². The molecule has 0 saturated carbocycles. The van der Waals surface area contributed by atoms with Gasteiger partial charge in [-0.3, -0.25) is 0 Å². The van der Waals surface area contributed by atoms with Crippen LogP contribution in [-0.2, 0) is 5.41 Å². The summed E-state index contributed by atoms with van der Waals surface area (Å²) in [6, 6.07) is 0. The molecular weight excluding hydrogens is 112 g/mol. The molecule has 50 valence electrons. The average molecular weight is 123 g/mol. The molecule has 0 aliphatic carbocycles. The fourth-order valence-electron chi connectivity index (χ4n) is 0.620. The Morgan fingerprint density at radius 1 is 1.44 bits per heavy atom. The SMILES string of the molecule is CC(C)(C)c1c[n-]cn1. The Morgan fingerprint density at radius 2 is 2.11 bits per heavy atom. The second-order valence-electron chi connectivity index (χ2n) is 3.16. The summed E-state index contributed by atoms with van der Waals surface area (Å²) in [6.45, 7) is 6.37. The Bertz CT molecular complexity index is 169. The van der Waals surface area contributed by atoms with E-state index in [9.17, 15) is 0 Å². The second-order valence-corrected chi connectivity index (χ2v) is 3.16. The Morgan fingerprint density at radius 3 is 2.33 bits per heavy atom. The molecule has 0 N–H and O–H groups in total. The molecule has 0 fully saturated rings. The number of imidazole rings is 1. The monoisotopic (exact) mass is 123 g/mol. The van der Waals surface area contributed by atoms with Gasteiger partial charge in [0.2, 0.25) is 0 Å². The molecule has 2 heteroatoms. The summed E-state index contributed by atoms with van der Waals surface area (Å²) in [6.07, 6.45) is 3.39. The van der Waals surface area contributed by atoms with Gasteiger partial charge in [0.1, 0.15) is 0 Å². The minimum atomic E-state index is 0.149. The van der Waals surface area contributed by atoms with E-state index in [2.05, 4.69) is 30.7 Å². The van der Waals surface area contributed by atoms with Crippen LogP contribution in [0.5, 0.6) is 0 Å². The first-order valence-electron chi connectivity index (χ1n) is 3.04. The summed E-state index contributed by atoms with van der Waals surface area (Å²) in [5.41, 5.74) is 1.21. The molecule has 1 aromatic heterocycles. The summed E-state index contributed by atoms with van der Waals surface area (Å²) >= 11 is 0. The van der Waals surface area contributed by atoms with Crippen LogP contribution >= 0.6 is 0 Å². The van der Waals surface area contributed by atoms with E-state index in [-0.39, 0.29) is 5.41 Å². The molecule has 1 rings (SSSR count). The summed E-state index contributed by atoms with van der Waals surface area (Å²) in [5.74, 6) is 0. The molecule has 0 unspecified atom stereocenters. The zero-order valence-electron chi connectivity index (χ0n) is 6.05. The molecule has 2 nitrogen and oxygen atoms in total. The van der Waals surface area contributed by atoms with E-state index in [4.69, 9.17) is 0 Å². The van der Waals surface area contributed by atoms with Crippen LogP contribution in [0.4, 0.5) is 0 Å². The zero-order chi connectivity index (χ0) is 6.91. The predicted molar refractivity (Wildman–Crippen MR) is 36.3 cm³/mol.